The maximum absolute atomic E-state index is 13.1. The average molecular weight is 423 g/mol. The first-order valence-corrected chi connectivity index (χ1v) is 11.3. The molecule has 28 heavy (non-hydrogen) atoms. The minimum absolute atomic E-state index is 0.00628. The smallest absolute Gasteiger partial charge is 0.263 e. The highest BCUT2D eigenvalue weighted by molar-refractivity contribution is 7.99. The Morgan fingerprint density at radius 1 is 1.43 bits per heavy atom. The predicted molar refractivity (Wildman–Crippen MR) is 113 cm³/mol. The van der Waals surface area contributed by atoms with Gasteiger partial charge in [-0.2, -0.15) is 0 Å². The van der Waals surface area contributed by atoms with Gasteiger partial charge < -0.3 is 10.2 Å². The lowest BCUT2D eigenvalue weighted by molar-refractivity contribution is -0.132. The molecule has 9 heteroatoms. The van der Waals surface area contributed by atoms with Crippen molar-refractivity contribution in [3.05, 3.63) is 20.8 Å². The Hall–Kier alpha value is -1.87. The van der Waals surface area contributed by atoms with Crippen LogP contribution in [0.5, 0.6) is 0 Å². The predicted octanol–water partition coefficient (Wildman–Crippen LogP) is 1.90. The van der Waals surface area contributed by atoms with Crippen LogP contribution in [0.15, 0.2) is 9.95 Å². The molecule has 0 saturated heterocycles. The van der Waals surface area contributed by atoms with E-state index in [1.165, 1.54) is 34.2 Å². The zero-order valence-corrected chi connectivity index (χ0v) is 18.3. The van der Waals surface area contributed by atoms with Crippen LogP contribution < -0.4 is 10.9 Å². The number of rotatable bonds is 6. The lowest BCUT2D eigenvalue weighted by Crippen LogP contribution is -2.37. The van der Waals surface area contributed by atoms with Gasteiger partial charge in [-0.3, -0.25) is 19.0 Å². The number of hydrogen-bond acceptors (Lipinski definition) is 6. The molecule has 0 bridgehead atoms. The number of aryl methyl sites for hydroxylation is 1. The Labute approximate surface area is 172 Å². The zero-order chi connectivity index (χ0) is 20.4. The van der Waals surface area contributed by atoms with Crippen LogP contribution in [0.3, 0.4) is 0 Å². The molecule has 1 aliphatic rings. The highest BCUT2D eigenvalue weighted by Gasteiger charge is 2.24. The van der Waals surface area contributed by atoms with Crippen LogP contribution in [0.1, 0.15) is 30.7 Å². The third-order valence-corrected chi connectivity index (χ3v) is 7.22. The first kappa shape index (κ1) is 20.9. The van der Waals surface area contributed by atoms with Crippen molar-refractivity contribution >= 4 is 45.1 Å². The van der Waals surface area contributed by atoms with Gasteiger partial charge in [0.15, 0.2) is 5.16 Å². The van der Waals surface area contributed by atoms with E-state index in [2.05, 4.69) is 12.2 Å². The lowest BCUT2D eigenvalue weighted by Gasteiger charge is -2.18. The summed E-state index contributed by atoms with van der Waals surface area (Å²) in [5.41, 5.74) is 1.17. The number of thiophene rings is 1. The van der Waals surface area contributed by atoms with Gasteiger partial charge in [-0.1, -0.05) is 18.7 Å². The normalized spacial score (nSPS) is 16.1. The van der Waals surface area contributed by atoms with Crippen LogP contribution in [-0.2, 0) is 29.0 Å². The van der Waals surface area contributed by atoms with Crippen LogP contribution >= 0.6 is 23.1 Å². The number of likely N-dealkylation sites (N-methyl/N-ethyl adjacent to an activating group) is 2. The number of carbonyl (C=O) groups excluding carboxylic acids is 2. The highest BCUT2D eigenvalue weighted by Crippen LogP contribution is 2.36. The fourth-order valence-corrected chi connectivity index (χ4v) is 5.84. The van der Waals surface area contributed by atoms with E-state index < -0.39 is 0 Å². The number of aromatic nitrogens is 2. The van der Waals surface area contributed by atoms with Gasteiger partial charge in [-0.25, -0.2) is 4.98 Å². The van der Waals surface area contributed by atoms with E-state index >= 15 is 0 Å². The minimum Gasteiger partial charge on any atom is -0.358 e. The molecule has 0 spiro atoms. The van der Waals surface area contributed by atoms with Crippen molar-refractivity contribution in [2.75, 3.05) is 26.4 Å². The third-order valence-electron chi connectivity index (χ3n) is 5.11. The molecule has 2 amide bonds. The number of amides is 2. The number of carbonyl (C=O) groups is 2. The molecule has 0 saturated carbocycles. The topological polar surface area (TPSA) is 84.3 Å². The first-order chi connectivity index (χ1) is 13.3. The second-order valence-corrected chi connectivity index (χ2v) is 9.21. The number of hydrogen-bond donors (Lipinski definition) is 1. The summed E-state index contributed by atoms with van der Waals surface area (Å²) in [5.74, 6) is 0.374. The SMILES string of the molecule is CCn1c(SCC(=O)N(C)CC(=O)NC)nc2sc3c(c2c1=O)CC[C@H](C)C3. The Bertz CT molecular complexity index is 966. The summed E-state index contributed by atoms with van der Waals surface area (Å²) in [6.45, 7) is 4.68. The fraction of sp³-hybridized carbons (Fsp3) is 0.579. The summed E-state index contributed by atoms with van der Waals surface area (Å²) in [5, 5.41) is 3.83. The standard InChI is InChI=1S/C19H26N4O3S2/c1-5-23-18(26)16-12-7-6-11(2)8-13(12)28-17(16)21-19(23)27-10-15(25)22(4)9-14(24)20-3/h11H,5-10H2,1-4H3,(H,20,24)/t11-/m0/s1. The fourth-order valence-electron chi connectivity index (χ4n) is 3.41. The summed E-state index contributed by atoms with van der Waals surface area (Å²) in [4.78, 5) is 45.1. The number of nitrogens with zero attached hydrogens (tertiary/aromatic N) is 3. The van der Waals surface area contributed by atoms with Crippen molar-refractivity contribution in [3.8, 4) is 0 Å². The van der Waals surface area contributed by atoms with Crippen molar-refractivity contribution in [2.24, 2.45) is 5.92 Å². The molecule has 1 atom stereocenters. The molecular weight excluding hydrogens is 396 g/mol. The number of thioether (sulfide) groups is 1. The van der Waals surface area contributed by atoms with Crippen LogP contribution in [0.2, 0.25) is 0 Å². The molecule has 2 aromatic heterocycles. The Balaban J connectivity index is 1.86. The summed E-state index contributed by atoms with van der Waals surface area (Å²) in [7, 11) is 3.13. The zero-order valence-electron chi connectivity index (χ0n) is 16.7. The van der Waals surface area contributed by atoms with E-state index in [0.29, 0.717) is 17.6 Å². The molecule has 2 heterocycles. The van der Waals surface area contributed by atoms with Crippen molar-refractivity contribution < 1.29 is 9.59 Å². The second kappa shape index (κ2) is 8.65. The molecule has 3 rings (SSSR count). The summed E-state index contributed by atoms with van der Waals surface area (Å²) >= 11 is 2.87. The van der Waals surface area contributed by atoms with E-state index in [1.807, 2.05) is 6.92 Å². The van der Waals surface area contributed by atoms with Gasteiger partial charge in [-0.15, -0.1) is 11.3 Å². The molecule has 2 aromatic rings. The molecule has 0 fully saturated rings. The monoisotopic (exact) mass is 422 g/mol. The average Bonchev–Trinajstić information content (AvgIpc) is 3.03. The molecule has 1 N–H and O–H groups in total. The summed E-state index contributed by atoms with van der Waals surface area (Å²) < 4.78 is 1.66. The molecule has 0 radical (unpaired) electrons. The largest absolute Gasteiger partial charge is 0.358 e. The summed E-state index contributed by atoms with van der Waals surface area (Å²) in [6.07, 6.45) is 3.05. The molecule has 0 aromatic carbocycles. The van der Waals surface area contributed by atoms with Crippen LogP contribution in [0, 0.1) is 5.92 Å². The van der Waals surface area contributed by atoms with Gasteiger partial charge in [0.1, 0.15) is 4.83 Å². The molecular formula is C19H26N4O3S2. The molecule has 0 aliphatic heterocycles. The number of nitrogens with one attached hydrogen (secondary N) is 1. The van der Waals surface area contributed by atoms with Crippen molar-refractivity contribution in [1.29, 1.82) is 0 Å². The Morgan fingerprint density at radius 3 is 2.86 bits per heavy atom. The van der Waals surface area contributed by atoms with E-state index in [1.54, 1.807) is 23.0 Å². The Morgan fingerprint density at radius 2 is 2.18 bits per heavy atom. The van der Waals surface area contributed by atoms with Crippen LogP contribution in [0.4, 0.5) is 0 Å². The molecule has 1 aliphatic carbocycles. The third kappa shape index (κ3) is 4.10. The van der Waals surface area contributed by atoms with E-state index in [9.17, 15) is 14.4 Å². The van der Waals surface area contributed by atoms with Gasteiger partial charge in [0.25, 0.3) is 5.56 Å². The quantitative estimate of drug-likeness (QED) is 0.568. The maximum Gasteiger partial charge on any atom is 0.263 e. The van der Waals surface area contributed by atoms with E-state index in [0.717, 1.165) is 29.5 Å². The van der Waals surface area contributed by atoms with Gasteiger partial charge in [0, 0.05) is 25.5 Å². The molecule has 152 valence electrons. The first-order valence-electron chi connectivity index (χ1n) is 9.48. The number of fused-ring (bicyclic) bond motifs is 3. The van der Waals surface area contributed by atoms with Crippen LogP contribution in [-0.4, -0.2) is 52.7 Å². The molecule has 0 unspecified atom stereocenters. The van der Waals surface area contributed by atoms with Gasteiger partial charge >= 0.3 is 0 Å². The van der Waals surface area contributed by atoms with E-state index in [4.69, 9.17) is 4.98 Å². The summed E-state index contributed by atoms with van der Waals surface area (Å²) in [6, 6.07) is 0. The van der Waals surface area contributed by atoms with Gasteiger partial charge in [0.05, 0.1) is 17.7 Å². The van der Waals surface area contributed by atoms with Crippen molar-refractivity contribution in [2.45, 2.75) is 44.8 Å². The lowest BCUT2D eigenvalue weighted by atomic mass is 9.89. The molecule has 7 nitrogen and oxygen atoms in total. The Kier molecular flexibility index (Phi) is 6.44. The second-order valence-electron chi connectivity index (χ2n) is 7.19. The van der Waals surface area contributed by atoms with E-state index in [-0.39, 0.29) is 29.7 Å². The van der Waals surface area contributed by atoms with Crippen LogP contribution in [0.25, 0.3) is 10.2 Å². The highest BCUT2D eigenvalue weighted by atomic mass is 32.2. The van der Waals surface area contributed by atoms with Crippen molar-refractivity contribution in [3.63, 3.8) is 0 Å². The minimum atomic E-state index is -0.218. The van der Waals surface area contributed by atoms with Gasteiger partial charge in [-0.05, 0) is 37.7 Å². The maximum atomic E-state index is 13.1. The van der Waals surface area contributed by atoms with Gasteiger partial charge in [0.2, 0.25) is 11.8 Å². The van der Waals surface area contributed by atoms with Crippen molar-refractivity contribution in [1.82, 2.24) is 19.8 Å².